The van der Waals surface area contributed by atoms with Crippen LogP contribution in [0.25, 0.3) is 5.52 Å². The van der Waals surface area contributed by atoms with Crippen molar-refractivity contribution in [1.29, 1.82) is 0 Å². The molecule has 4 heteroatoms. The number of benzene rings is 1. The molecular formula is C24H24FN2O. The summed E-state index contributed by atoms with van der Waals surface area (Å²) in [5.74, 6) is -0.0705. The first kappa shape index (κ1) is 17.5. The Labute approximate surface area is 164 Å². The van der Waals surface area contributed by atoms with Gasteiger partial charge in [0.2, 0.25) is 5.91 Å². The molecule has 0 saturated heterocycles. The summed E-state index contributed by atoms with van der Waals surface area (Å²) in [6, 6.07) is 16.4. The highest BCUT2D eigenvalue weighted by atomic mass is 19.1. The molecule has 0 aliphatic heterocycles. The second kappa shape index (κ2) is 6.47. The molecule has 2 heterocycles. The van der Waals surface area contributed by atoms with E-state index >= 15 is 0 Å². The average molecular weight is 375 g/mol. The van der Waals surface area contributed by atoms with Crippen LogP contribution in [0.3, 0.4) is 0 Å². The molecule has 143 valence electrons. The fourth-order valence-corrected chi connectivity index (χ4v) is 4.98. The summed E-state index contributed by atoms with van der Waals surface area (Å²) in [7, 11) is 1.95. The lowest BCUT2D eigenvalue weighted by Gasteiger charge is -2.45. The highest BCUT2D eigenvalue weighted by molar-refractivity contribution is 5.89. The van der Waals surface area contributed by atoms with Crippen LogP contribution in [-0.2, 0) is 23.1 Å². The number of fused-ring (bicyclic) bond motifs is 3. The smallest absolute Gasteiger partial charge is 0.233 e. The standard InChI is InChI=1S/C24H24FN2O/c1-26(23(28)24(12-4-13-24)18-7-9-19(25)10-8-18)20-11-6-17-15-21-5-2-3-14-27(21)22(17)16-20/h2-3,5,7-10,14,20H,4,6,11-13,16H2,1H3/t20-/m1/s1. The van der Waals surface area contributed by atoms with E-state index in [2.05, 4.69) is 22.7 Å². The second-order valence-electron chi connectivity index (χ2n) is 8.26. The van der Waals surface area contributed by atoms with Gasteiger partial charge in [-0.15, -0.1) is 0 Å². The van der Waals surface area contributed by atoms with Gasteiger partial charge in [0, 0.05) is 37.5 Å². The maximum Gasteiger partial charge on any atom is 0.233 e. The number of pyridine rings is 1. The molecule has 0 spiro atoms. The number of hydrogen-bond donors (Lipinski definition) is 0. The zero-order chi connectivity index (χ0) is 19.3. The Morgan fingerprint density at radius 3 is 2.71 bits per heavy atom. The first-order chi connectivity index (χ1) is 13.6. The lowest BCUT2D eigenvalue weighted by atomic mass is 9.63. The van der Waals surface area contributed by atoms with Crippen LogP contribution < -0.4 is 0 Å². The van der Waals surface area contributed by atoms with Crippen LogP contribution in [0.4, 0.5) is 4.39 Å². The molecule has 28 heavy (non-hydrogen) atoms. The van der Waals surface area contributed by atoms with Crippen molar-refractivity contribution in [2.24, 2.45) is 0 Å². The summed E-state index contributed by atoms with van der Waals surface area (Å²) < 4.78 is 15.6. The van der Waals surface area contributed by atoms with Gasteiger partial charge in [0.1, 0.15) is 5.82 Å². The number of carbonyl (C=O) groups is 1. The van der Waals surface area contributed by atoms with E-state index < -0.39 is 5.41 Å². The molecule has 5 rings (SSSR count). The molecule has 1 radical (unpaired) electrons. The van der Waals surface area contributed by atoms with Crippen molar-refractivity contribution in [2.45, 2.75) is 50.0 Å². The lowest BCUT2D eigenvalue weighted by molar-refractivity contribution is -0.142. The maximum absolute atomic E-state index is 13.6. The number of carbonyl (C=O) groups excluding carboxylic acids is 1. The molecule has 0 bridgehead atoms. The first-order valence-corrected chi connectivity index (χ1v) is 10.1. The van der Waals surface area contributed by atoms with Gasteiger partial charge in [-0.2, -0.15) is 0 Å². The monoisotopic (exact) mass is 375 g/mol. The largest absolute Gasteiger partial charge is 0.342 e. The van der Waals surface area contributed by atoms with Crippen molar-refractivity contribution in [2.75, 3.05) is 7.05 Å². The van der Waals surface area contributed by atoms with Crippen LogP contribution in [0, 0.1) is 11.9 Å². The Hall–Kier alpha value is -2.62. The van der Waals surface area contributed by atoms with Crippen LogP contribution in [0.15, 0.2) is 48.7 Å². The minimum absolute atomic E-state index is 0.184. The Morgan fingerprint density at radius 2 is 2.00 bits per heavy atom. The van der Waals surface area contributed by atoms with Crippen LogP contribution in [0.1, 0.15) is 42.5 Å². The van der Waals surface area contributed by atoms with E-state index in [0.717, 1.165) is 49.6 Å². The van der Waals surface area contributed by atoms with Crippen molar-refractivity contribution in [3.8, 4) is 0 Å². The van der Waals surface area contributed by atoms with E-state index in [1.54, 1.807) is 12.1 Å². The van der Waals surface area contributed by atoms with Crippen LogP contribution in [0.2, 0.25) is 0 Å². The molecule has 1 atom stereocenters. The maximum atomic E-state index is 13.6. The Morgan fingerprint density at radius 1 is 1.21 bits per heavy atom. The molecule has 2 aliphatic carbocycles. The predicted molar refractivity (Wildman–Crippen MR) is 107 cm³/mol. The van der Waals surface area contributed by atoms with Gasteiger partial charge in [-0.05, 0) is 61.1 Å². The first-order valence-electron chi connectivity index (χ1n) is 10.1. The highest BCUT2D eigenvalue weighted by Gasteiger charge is 2.48. The third-order valence-corrected chi connectivity index (χ3v) is 6.82. The molecule has 3 nitrogen and oxygen atoms in total. The zero-order valence-electron chi connectivity index (χ0n) is 16.1. The van der Waals surface area contributed by atoms with E-state index in [9.17, 15) is 9.18 Å². The van der Waals surface area contributed by atoms with E-state index in [1.165, 1.54) is 23.4 Å². The Balaban J connectivity index is 1.42. The van der Waals surface area contributed by atoms with Gasteiger partial charge in [-0.25, -0.2) is 4.39 Å². The summed E-state index contributed by atoms with van der Waals surface area (Å²) in [6.45, 7) is 0. The van der Waals surface area contributed by atoms with Crippen molar-refractivity contribution in [3.63, 3.8) is 0 Å². The molecule has 1 amide bonds. The topological polar surface area (TPSA) is 24.7 Å². The van der Waals surface area contributed by atoms with Crippen molar-refractivity contribution in [1.82, 2.24) is 9.30 Å². The fourth-order valence-electron chi connectivity index (χ4n) is 4.98. The van der Waals surface area contributed by atoms with Gasteiger partial charge in [0.05, 0.1) is 10.9 Å². The molecule has 1 fully saturated rings. The van der Waals surface area contributed by atoms with Crippen LogP contribution in [0.5, 0.6) is 0 Å². The van der Waals surface area contributed by atoms with Gasteiger partial charge < -0.3 is 9.30 Å². The summed E-state index contributed by atoms with van der Waals surface area (Å²) in [5, 5.41) is 0. The quantitative estimate of drug-likeness (QED) is 0.669. The minimum atomic E-state index is -0.476. The highest BCUT2D eigenvalue weighted by Crippen LogP contribution is 2.45. The predicted octanol–water partition coefficient (Wildman–Crippen LogP) is 4.32. The van der Waals surface area contributed by atoms with Gasteiger partial charge in [-0.1, -0.05) is 24.6 Å². The normalized spacial score (nSPS) is 20.4. The average Bonchev–Trinajstić information content (AvgIpc) is 3.06. The molecule has 1 aromatic carbocycles. The summed E-state index contributed by atoms with van der Waals surface area (Å²) in [5.41, 5.74) is 4.13. The molecule has 2 aromatic heterocycles. The number of likely N-dealkylation sites (N-methyl/N-ethyl adjacent to an activating group) is 1. The number of hydrogen-bond acceptors (Lipinski definition) is 1. The summed E-state index contributed by atoms with van der Waals surface area (Å²) in [6.07, 6.45) is 7.59. The van der Waals surface area contributed by atoms with Gasteiger partial charge >= 0.3 is 0 Å². The number of nitrogens with zero attached hydrogens (tertiary/aromatic N) is 2. The lowest BCUT2D eigenvalue weighted by Crippen LogP contribution is -2.53. The summed E-state index contributed by atoms with van der Waals surface area (Å²) >= 11 is 0. The van der Waals surface area contributed by atoms with Gasteiger partial charge in [-0.3, -0.25) is 4.79 Å². The summed E-state index contributed by atoms with van der Waals surface area (Å²) in [4.78, 5) is 15.5. The van der Waals surface area contributed by atoms with E-state index in [1.807, 2.05) is 24.1 Å². The number of aromatic nitrogens is 1. The van der Waals surface area contributed by atoms with Crippen molar-refractivity contribution in [3.05, 3.63) is 77.4 Å². The van der Waals surface area contributed by atoms with E-state index in [0.29, 0.717) is 0 Å². The molecule has 2 aliphatic rings. The SMILES string of the molecule is CN(C(=O)C1(c2ccc(F)cc2)CCC1)[C@@H]1CCc2[c]c3ccccn3c2C1. The number of amides is 1. The fraction of sp³-hybridized carbons (Fsp3) is 0.375. The van der Waals surface area contributed by atoms with E-state index in [4.69, 9.17) is 0 Å². The van der Waals surface area contributed by atoms with E-state index in [-0.39, 0.29) is 17.8 Å². The van der Waals surface area contributed by atoms with Crippen LogP contribution in [-0.4, -0.2) is 28.3 Å². The van der Waals surface area contributed by atoms with Crippen molar-refractivity contribution < 1.29 is 9.18 Å². The second-order valence-corrected chi connectivity index (χ2v) is 8.26. The van der Waals surface area contributed by atoms with Crippen LogP contribution >= 0.6 is 0 Å². The molecule has 0 N–H and O–H groups in total. The third kappa shape index (κ3) is 2.58. The molecule has 0 unspecified atom stereocenters. The zero-order valence-corrected chi connectivity index (χ0v) is 16.1. The molecule has 1 saturated carbocycles. The van der Waals surface area contributed by atoms with Gasteiger partial charge in [0.15, 0.2) is 0 Å². The number of aryl methyl sites for hydroxylation is 1. The Kier molecular flexibility index (Phi) is 4.04. The minimum Gasteiger partial charge on any atom is -0.342 e. The molecule has 3 aromatic rings. The number of rotatable bonds is 3. The van der Waals surface area contributed by atoms with Crippen molar-refractivity contribution >= 4 is 11.4 Å². The molecular weight excluding hydrogens is 351 g/mol. The number of halogens is 1. The Bertz CT molecular complexity index is 1030. The third-order valence-electron chi connectivity index (χ3n) is 6.82. The van der Waals surface area contributed by atoms with Gasteiger partial charge in [0.25, 0.3) is 0 Å².